The Morgan fingerprint density at radius 1 is 1.17 bits per heavy atom. The number of methoxy groups -OCH3 is 1. The molecular formula is C12H13N3O3. The van der Waals surface area contributed by atoms with Crippen LogP contribution < -0.4 is 10.6 Å². The summed E-state index contributed by atoms with van der Waals surface area (Å²) in [6.07, 6.45) is -0.188. The van der Waals surface area contributed by atoms with E-state index >= 15 is 0 Å². The van der Waals surface area contributed by atoms with Gasteiger partial charge in [0.2, 0.25) is 11.8 Å². The number of ether oxygens (including phenoxy) is 1. The minimum atomic E-state index is -0.367. The fourth-order valence-corrected chi connectivity index (χ4v) is 1.24. The van der Waals surface area contributed by atoms with Crippen LogP contribution in [0.3, 0.4) is 0 Å². The van der Waals surface area contributed by atoms with Crippen molar-refractivity contribution >= 4 is 23.2 Å². The van der Waals surface area contributed by atoms with Crippen LogP contribution in [0.2, 0.25) is 0 Å². The lowest BCUT2D eigenvalue weighted by Gasteiger charge is -2.06. The highest BCUT2D eigenvalue weighted by atomic mass is 16.5. The van der Waals surface area contributed by atoms with Crippen molar-refractivity contribution < 1.29 is 14.3 Å². The second kappa shape index (κ2) is 7.04. The number of hydrogen-bond acceptors (Lipinski definition) is 4. The van der Waals surface area contributed by atoms with Gasteiger partial charge in [-0.25, -0.2) is 0 Å². The Morgan fingerprint density at radius 2 is 1.67 bits per heavy atom. The molecule has 6 nitrogen and oxygen atoms in total. The maximum absolute atomic E-state index is 11.2. The predicted molar refractivity (Wildman–Crippen MR) is 65.8 cm³/mol. The number of hydrogen-bond donors (Lipinski definition) is 2. The topological polar surface area (TPSA) is 91.2 Å². The van der Waals surface area contributed by atoms with E-state index in [2.05, 4.69) is 15.4 Å². The van der Waals surface area contributed by atoms with Crippen molar-refractivity contribution in [3.8, 4) is 6.07 Å². The van der Waals surface area contributed by atoms with Crippen LogP contribution in [0.25, 0.3) is 0 Å². The van der Waals surface area contributed by atoms with Crippen LogP contribution in [0.4, 0.5) is 11.4 Å². The molecule has 0 aromatic heterocycles. The first kappa shape index (κ1) is 13.7. The second-order valence-electron chi connectivity index (χ2n) is 3.44. The van der Waals surface area contributed by atoms with E-state index in [0.29, 0.717) is 11.4 Å². The minimum Gasteiger partial charge on any atom is -0.375 e. The van der Waals surface area contributed by atoms with Crippen molar-refractivity contribution in [1.29, 1.82) is 5.26 Å². The maximum atomic E-state index is 11.2. The fraction of sp³-hybridized carbons (Fsp3) is 0.250. The van der Waals surface area contributed by atoms with Crippen LogP contribution in [0, 0.1) is 11.3 Å². The quantitative estimate of drug-likeness (QED) is 0.815. The van der Waals surface area contributed by atoms with Crippen molar-refractivity contribution in [1.82, 2.24) is 0 Å². The SMILES string of the molecule is COCC(=O)Nc1ccc(NC(=O)CC#N)cc1. The average molecular weight is 247 g/mol. The maximum Gasteiger partial charge on any atom is 0.250 e. The number of amides is 2. The number of carbonyl (C=O) groups is 2. The first-order valence-corrected chi connectivity index (χ1v) is 5.21. The van der Waals surface area contributed by atoms with Crippen molar-refractivity contribution in [3.05, 3.63) is 24.3 Å². The van der Waals surface area contributed by atoms with Gasteiger partial charge in [-0.3, -0.25) is 9.59 Å². The molecule has 2 amide bonds. The largest absolute Gasteiger partial charge is 0.375 e. The number of nitriles is 1. The summed E-state index contributed by atoms with van der Waals surface area (Å²) in [5.41, 5.74) is 1.18. The van der Waals surface area contributed by atoms with Crippen LogP contribution in [-0.4, -0.2) is 25.5 Å². The highest BCUT2D eigenvalue weighted by Gasteiger charge is 2.03. The molecule has 0 heterocycles. The molecule has 1 aromatic rings. The Morgan fingerprint density at radius 3 is 2.11 bits per heavy atom. The molecule has 0 radical (unpaired) electrons. The summed E-state index contributed by atoms with van der Waals surface area (Å²) in [6, 6.07) is 8.33. The highest BCUT2D eigenvalue weighted by molar-refractivity contribution is 5.94. The monoisotopic (exact) mass is 247 g/mol. The summed E-state index contributed by atoms with van der Waals surface area (Å²) in [6.45, 7) is -0.0132. The van der Waals surface area contributed by atoms with Gasteiger partial charge in [0, 0.05) is 18.5 Å². The molecular weight excluding hydrogens is 234 g/mol. The number of anilines is 2. The van der Waals surface area contributed by atoms with E-state index < -0.39 is 0 Å². The molecule has 0 aliphatic carbocycles. The number of nitrogens with zero attached hydrogens (tertiary/aromatic N) is 1. The van der Waals surface area contributed by atoms with Gasteiger partial charge in [0.1, 0.15) is 13.0 Å². The van der Waals surface area contributed by atoms with Crippen LogP contribution in [0.5, 0.6) is 0 Å². The molecule has 1 aromatic carbocycles. The van der Waals surface area contributed by atoms with Gasteiger partial charge in [0.05, 0.1) is 6.07 Å². The van der Waals surface area contributed by atoms with Gasteiger partial charge < -0.3 is 15.4 Å². The molecule has 0 spiro atoms. The molecule has 0 atom stereocenters. The molecule has 0 saturated carbocycles. The molecule has 6 heteroatoms. The Bertz CT molecular complexity index is 462. The Labute approximate surface area is 105 Å². The van der Waals surface area contributed by atoms with E-state index in [0.717, 1.165) is 0 Å². The number of nitrogens with one attached hydrogen (secondary N) is 2. The van der Waals surface area contributed by atoms with Gasteiger partial charge in [-0.1, -0.05) is 0 Å². The Hall–Kier alpha value is -2.39. The van der Waals surface area contributed by atoms with Gasteiger partial charge in [-0.15, -0.1) is 0 Å². The summed E-state index contributed by atoms with van der Waals surface area (Å²) in [7, 11) is 1.44. The summed E-state index contributed by atoms with van der Waals surface area (Å²) < 4.78 is 4.68. The molecule has 0 saturated heterocycles. The fourth-order valence-electron chi connectivity index (χ4n) is 1.24. The highest BCUT2D eigenvalue weighted by Crippen LogP contribution is 2.13. The zero-order valence-electron chi connectivity index (χ0n) is 9.90. The second-order valence-corrected chi connectivity index (χ2v) is 3.44. The summed E-state index contributed by atoms with van der Waals surface area (Å²) in [4.78, 5) is 22.4. The molecule has 0 unspecified atom stereocenters. The zero-order chi connectivity index (χ0) is 13.4. The Kier molecular flexibility index (Phi) is 5.35. The first-order valence-electron chi connectivity index (χ1n) is 5.21. The minimum absolute atomic E-state index is 0.0132. The third-order valence-electron chi connectivity index (χ3n) is 1.97. The molecule has 0 aliphatic heterocycles. The smallest absolute Gasteiger partial charge is 0.250 e. The van der Waals surface area contributed by atoms with Crippen molar-refractivity contribution in [3.63, 3.8) is 0 Å². The molecule has 0 bridgehead atoms. The third kappa shape index (κ3) is 4.63. The van der Waals surface area contributed by atoms with Gasteiger partial charge in [-0.05, 0) is 24.3 Å². The van der Waals surface area contributed by atoms with Gasteiger partial charge in [0.25, 0.3) is 0 Å². The molecule has 2 N–H and O–H groups in total. The zero-order valence-corrected chi connectivity index (χ0v) is 9.90. The van der Waals surface area contributed by atoms with Crippen molar-refractivity contribution in [2.45, 2.75) is 6.42 Å². The standard InChI is InChI=1S/C12H13N3O3/c1-18-8-12(17)15-10-4-2-9(3-5-10)14-11(16)6-7-13/h2-5H,6,8H2,1H3,(H,14,16)(H,15,17). The third-order valence-corrected chi connectivity index (χ3v) is 1.97. The Balaban J connectivity index is 2.55. The molecule has 0 fully saturated rings. The van der Waals surface area contributed by atoms with Crippen molar-refractivity contribution in [2.75, 3.05) is 24.4 Å². The molecule has 1 rings (SSSR count). The van der Waals surface area contributed by atoms with E-state index in [9.17, 15) is 9.59 Å². The summed E-state index contributed by atoms with van der Waals surface area (Å²) >= 11 is 0. The van der Waals surface area contributed by atoms with E-state index in [-0.39, 0.29) is 24.8 Å². The van der Waals surface area contributed by atoms with Crippen LogP contribution >= 0.6 is 0 Å². The average Bonchev–Trinajstić information content (AvgIpc) is 2.32. The molecule has 18 heavy (non-hydrogen) atoms. The molecule has 94 valence electrons. The lowest BCUT2D eigenvalue weighted by atomic mass is 10.2. The van der Waals surface area contributed by atoms with Crippen LogP contribution in [-0.2, 0) is 14.3 Å². The van der Waals surface area contributed by atoms with Gasteiger partial charge in [-0.2, -0.15) is 5.26 Å². The number of carbonyl (C=O) groups excluding carboxylic acids is 2. The lowest BCUT2D eigenvalue weighted by molar-refractivity contribution is -0.119. The summed E-state index contributed by atoms with van der Waals surface area (Å²) in [5.74, 6) is -0.618. The lowest BCUT2D eigenvalue weighted by Crippen LogP contribution is -2.17. The summed E-state index contributed by atoms with van der Waals surface area (Å²) in [5, 5.41) is 13.5. The number of benzene rings is 1. The van der Waals surface area contributed by atoms with Gasteiger partial charge >= 0.3 is 0 Å². The molecule has 0 aliphatic rings. The van der Waals surface area contributed by atoms with E-state index in [1.54, 1.807) is 30.3 Å². The van der Waals surface area contributed by atoms with Crippen LogP contribution in [0.1, 0.15) is 6.42 Å². The van der Waals surface area contributed by atoms with E-state index in [4.69, 9.17) is 5.26 Å². The van der Waals surface area contributed by atoms with Crippen molar-refractivity contribution in [2.24, 2.45) is 0 Å². The van der Waals surface area contributed by atoms with E-state index in [1.165, 1.54) is 7.11 Å². The van der Waals surface area contributed by atoms with Gasteiger partial charge in [0.15, 0.2) is 0 Å². The number of rotatable bonds is 5. The van der Waals surface area contributed by atoms with E-state index in [1.807, 2.05) is 0 Å². The first-order chi connectivity index (χ1) is 8.65. The predicted octanol–water partition coefficient (Wildman–Crippen LogP) is 1.12. The normalized spacial score (nSPS) is 9.33. The van der Waals surface area contributed by atoms with Crippen LogP contribution in [0.15, 0.2) is 24.3 Å².